The van der Waals surface area contributed by atoms with Gasteiger partial charge in [0.2, 0.25) is 0 Å². The monoisotopic (exact) mass is 271 g/mol. The van der Waals surface area contributed by atoms with Crippen molar-refractivity contribution in [2.24, 2.45) is 5.92 Å². The Bertz CT molecular complexity index is 582. The zero-order chi connectivity index (χ0) is 13.8. The van der Waals surface area contributed by atoms with Crippen molar-refractivity contribution in [3.63, 3.8) is 0 Å². The van der Waals surface area contributed by atoms with Gasteiger partial charge in [0.25, 0.3) is 0 Å². The maximum absolute atomic E-state index is 8.96. The van der Waals surface area contributed by atoms with Crippen LogP contribution in [0.15, 0.2) is 35.7 Å². The average Bonchev–Trinajstić information content (AvgIpc) is 2.91. The molecule has 3 nitrogen and oxygen atoms in total. The summed E-state index contributed by atoms with van der Waals surface area (Å²) >= 11 is 1.73. The average molecular weight is 271 g/mol. The maximum Gasteiger partial charge on any atom is 0.0992 e. The van der Waals surface area contributed by atoms with Crippen LogP contribution in [0, 0.1) is 17.2 Å². The highest BCUT2D eigenvalue weighted by Crippen LogP contribution is 2.32. The largest absolute Gasteiger partial charge is 0.397 e. The zero-order valence-corrected chi connectivity index (χ0v) is 11.9. The summed E-state index contributed by atoms with van der Waals surface area (Å²) in [6.07, 6.45) is 0. The second-order valence-corrected chi connectivity index (χ2v) is 5.77. The minimum absolute atomic E-state index is 0.205. The van der Waals surface area contributed by atoms with Crippen LogP contribution < -0.4 is 11.1 Å². The molecule has 0 aliphatic carbocycles. The number of thiophene rings is 1. The standard InChI is InChI=1S/C15H17N3S/c1-10(2)15(14-4-3-7-19-14)18-13-8-11(9-16)5-6-12(13)17/h3-8,10,15,18H,17H2,1-2H3. The summed E-state index contributed by atoms with van der Waals surface area (Å²) < 4.78 is 0. The Labute approximate surface area is 117 Å². The van der Waals surface area contributed by atoms with Crippen LogP contribution in [0.5, 0.6) is 0 Å². The van der Waals surface area contributed by atoms with Gasteiger partial charge in [-0.3, -0.25) is 0 Å². The van der Waals surface area contributed by atoms with E-state index in [0.29, 0.717) is 17.2 Å². The minimum atomic E-state index is 0.205. The van der Waals surface area contributed by atoms with Crippen LogP contribution in [0.1, 0.15) is 30.3 Å². The highest BCUT2D eigenvalue weighted by atomic mass is 32.1. The van der Waals surface area contributed by atoms with E-state index in [9.17, 15) is 0 Å². The lowest BCUT2D eigenvalue weighted by Crippen LogP contribution is -2.16. The Balaban J connectivity index is 2.30. The van der Waals surface area contributed by atoms with Crippen LogP contribution in [0.2, 0.25) is 0 Å². The van der Waals surface area contributed by atoms with E-state index in [2.05, 4.69) is 36.7 Å². The summed E-state index contributed by atoms with van der Waals surface area (Å²) in [5.41, 5.74) is 8.09. The van der Waals surface area contributed by atoms with Gasteiger partial charge in [0.15, 0.2) is 0 Å². The van der Waals surface area contributed by atoms with Crippen molar-refractivity contribution in [2.75, 3.05) is 11.1 Å². The van der Waals surface area contributed by atoms with Crippen molar-refractivity contribution in [3.05, 3.63) is 46.2 Å². The number of rotatable bonds is 4. The molecule has 0 spiro atoms. The molecule has 98 valence electrons. The number of anilines is 2. The van der Waals surface area contributed by atoms with Crippen LogP contribution in [-0.4, -0.2) is 0 Å². The van der Waals surface area contributed by atoms with E-state index in [0.717, 1.165) is 5.69 Å². The van der Waals surface area contributed by atoms with Crippen molar-refractivity contribution < 1.29 is 0 Å². The molecular formula is C15H17N3S. The molecule has 0 bridgehead atoms. The molecular weight excluding hydrogens is 254 g/mol. The smallest absolute Gasteiger partial charge is 0.0992 e. The molecule has 19 heavy (non-hydrogen) atoms. The number of nitrogen functional groups attached to an aromatic ring is 1. The molecule has 2 aromatic rings. The number of nitrogens with two attached hydrogens (primary N) is 1. The number of hydrogen-bond donors (Lipinski definition) is 2. The molecule has 3 N–H and O–H groups in total. The highest BCUT2D eigenvalue weighted by molar-refractivity contribution is 7.10. The SMILES string of the molecule is CC(C)C(Nc1cc(C#N)ccc1N)c1cccs1. The Morgan fingerprint density at radius 2 is 2.11 bits per heavy atom. The molecule has 1 unspecified atom stereocenters. The minimum Gasteiger partial charge on any atom is -0.397 e. The van der Waals surface area contributed by atoms with Crippen molar-refractivity contribution in [3.8, 4) is 6.07 Å². The summed E-state index contributed by atoms with van der Waals surface area (Å²) in [5.74, 6) is 0.434. The Morgan fingerprint density at radius 1 is 1.32 bits per heavy atom. The molecule has 0 saturated heterocycles. The number of nitriles is 1. The van der Waals surface area contributed by atoms with Gasteiger partial charge in [-0.1, -0.05) is 19.9 Å². The molecule has 0 amide bonds. The molecule has 0 aliphatic heterocycles. The van der Waals surface area contributed by atoms with Gasteiger partial charge in [-0.2, -0.15) is 5.26 Å². The van der Waals surface area contributed by atoms with Gasteiger partial charge in [0.1, 0.15) is 0 Å². The lowest BCUT2D eigenvalue weighted by atomic mass is 10.0. The summed E-state index contributed by atoms with van der Waals surface area (Å²) in [6.45, 7) is 4.34. The maximum atomic E-state index is 8.96. The quantitative estimate of drug-likeness (QED) is 0.826. The van der Waals surface area contributed by atoms with Gasteiger partial charge < -0.3 is 11.1 Å². The first-order chi connectivity index (χ1) is 9.11. The molecule has 1 heterocycles. The van der Waals surface area contributed by atoms with Crippen LogP contribution in [0.3, 0.4) is 0 Å². The van der Waals surface area contributed by atoms with E-state index in [1.807, 2.05) is 6.07 Å². The van der Waals surface area contributed by atoms with Gasteiger partial charge in [-0.05, 0) is 35.6 Å². The van der Waals surface area contributed by atoms with E-state index >= 15 is 0 Å². The lowest BCUT2D eigenvalue weighted by Gasteiger charge is -2.23. The van der Waals surface area contributed by atoms with Crippen molar-refractivity contribution >= 4 is 22.7 Å². The fraction of sp³-hybridized carbons (Fsp3) is 0.267. The topological polar surface area (TPSA) is 61.8 Å². The third-order valence-electron chi connectivity index (χ3n) is 3.01. The molecule has 0 saturated carbocycles. The van der Waals surface area contributed by atoms with E-state index in [-0.39, 0.29) is 6.04 Å². The van der Waals surface area contributed by atoms with Crippen molar-refractivity contribution in [2.45, 2.75) is 19.9 Å². The second-order valence-electron chi connectivity index (χ2n) is 4.80. The number of hydrogen-bond acceptors (Lipinski definition) is 4. The first-order valence-corrected chi connectivity index (χ1v) is 7.09. The first kappa shape index (κ1) is 13.4. The second kappa shape index (κ2) is 5.77. The predicted molar refractivity (Wildman–Crippen MR) is 81.1 cm³/mol. The Hall–Kier alpha value is -1.99. The van der Waals surface area contributed by atoms with Crippen molar-refractivity contribution in [1.29, 1.82) is 5.26 Å². The third kappa shape index (κ3) is 3.07. The fourth-order valence-electron chi connectivity index (χ4n) is 1.95. The van der Waals surface area contributed by atoms with Crippen LogP contribution >= 0.6 is 11.3 Å². The van der Waals surface area contributed by atoms with Gasteiger partial charge in [-0.25, -0.2) is 0 Å². The van der Waals surface area contributed by atoms with Crippen molar-refractivity contribution in [1.82, 2.24) is 0 Å². The summed E-state index contributed by atoms with van der Waals surface area (Å²) in [4.78, 5) is 1.27. The van der Waals surface area contributed by atoms with E-state index in [1.165, 1.54) is 4.88 Å². The summed E-state index contributed by atoms with van der Waals surface area (Å²) in [5, 5.41) is 14.5. The van der Waals surface area contributed by atoms with Crippen LogP contribution in [0.4, 0.5) is 11.4 Å². The number of benzene rings is 1. The summed E-state index contributed by atoms with van der Waals surface area (Å²) in [6, 6.07) is 11.8. The molecule has 0 aliphatic rings. The third-order valence-corrected chi connectivity index (χ3v) is 3.97. The van der Waals surface area contributed by atoms with Gasteiger partial charge in [0.05, 0.1) is 29.0 Å². The molecule has 0 fully saturated rings. The summed E-state index contributed by atoms with van der Waals surface area (Å²) in [7, 11) is 0. The number of nitrogens with one attached hydrogen (secondary N) is 1. The van der Waals surface area contributed by atoms with Gasteiger partial charge in [0, 0.05) is 4.88 Å². The Kier molecular flexibility index (Phi) is 4.08. The Morgan fingerprint density at radius 3 is 2.68 bits per heavy atom. The van der Waals surface area contributed by atoms with Gasteiger partial charge in [-0.15, -0.1) is 11.3 Å². The van der Waals surface area contributed by atoms with E-state index in [4.69, 9.17) is 11.0 Å². The molecule has 4 heteroatoms. The molecule has 0 radical (unpaired) electrons. The lowest BCUT2D eigenvalue weighted by molar-refractivity contribution is 0.554. The van der Waals surface area contributed by atoms with E-state index in [1.54, 1.807) is 29.5 Å². The van der Waals surface area contributed by atoms with Gasteiger partial charge >= 0.3 is 0 Å². The fourth-order valence-corrected chi connectivity index (χ4v) is 2.90. The van der Waals surface area contributed by atoms with Crippen LogP contribution in [0.25, 0.3) is 0 Å². The number of nitrogens with zero attached hydrogens (tertiary/aromatic N) is 1. The molecule has 1 aromatic heterocycles. The predicted octanol–water partition coefficient (Wildman–Crippen LogP) is 4.01. The molecule has 1 atom stereocenters. The molecule has 1 aromatic carbocycles. The zero-order valence-electron chi connectivity index (χ0n) is 11.1. The van der Waals surface area contributed by atoms with Crippen LogP contribution in [-0.2, 0) is 0 Å². The highest BCUT2D eigenvalue weighted by Gasteiger charge is 2.17. The van der Waals surface area contributed by atoms with E-state index < -0.39 is 0 Å². The normalized spacial score (nSPS) is 12.1. The first-order valence-electron chi connectivity index (χ1n) is 6.21. The molecule has 2 rings (SSSR count).